The zero-order chi connectivity index (χ0) is 10.7. The highest BCUT2D eigenvalue weighted by Crippen LogP contribution is 2.35. The number of amides is 1. The third-order valence-corrected chi connectivity index (χ3v) is 3.28. The molecule has 3 N–H and O–H groups in total. The molecule has 1 saturated carbocycles. The van der Waals surface area contributed by atoms with Gasteiger partial charge in [-0.15, -0.1) is 0 Å². The minimum absolute atomic E-state index is 0.0904. The van der Waals surface area contributed by atoms with Crippen molar-refractivity contribution >= 4 is 5.91 Å². The second-order valence-corrected chi connectivity index (χ2v) is 4.36. The second-order valence-electron chi connectivity index (χ2n) is 4.36. The molecule has 4 nitrogen and oxygen atoms in total. The fourth-order valence-corrected chi connectivity index (χ4v) is 1.78. The minimum Gasteiger partial charge on any atom is -0.300 e. The third-order valence-electron chi connectivity index (χ3n) is 3.28. The van der Waals surface area contributed by atoms with Crippen LogP contribution >= 0.6 is 0 Å². The lowest BCUT2D eigenvalue weighted by Crippen LogP contribution is -2.42. The molecule has 0 aliphatic heterocycles. The summed E-state index contributed by atoms with van der Waals surface area (Å²) in [7, 11) is 2.08. The monoisotopic (exact) mass is 199 g/mol. The molecular formula is C10H21N3O. The number of nitrogens with zero attached hydrogens (tertiary/aromatic N) is 1. The van der Waals surface area contributed by atoms with Crippen LogP contribution in [0.5, 0.6) is 0 Å². The van der Waals surface area contributed by atoms with Crippen LogP contribution in [0.2, 0.25) is 0 Å². The van der Waals surface area contributed by atoms with Crippen LogP contribution in [0.25, 0.3) is 0 Å². The van der Waals surface area contributed by atoms with Gasteiger partial charge in [0.05, 0.1) is 0 Å². The lowest BCUT2D eigenvalue weighted by atomic mass is 10.1. The van der Waals surface area contributed by atoms with Gasteiger partial charge in [-0.25, -0.2) is 5.84 Å². The van der Waals surface area contributed by atoms with Crippen molar-refractivity contribution in [3.63, 3.8) is 0 Å². The van der Waals surface area contributed by atoms with Crippen molar-refractivity contribution in [2.75, 3.05) is 7.05 Å². The molecule has 0 aromatic carbocycles. The van der Waals surface area contributed by atoms with Crippen LogP contribution in [0.1, 0.15) is 33.1 Å². The number of carbonyl (C=O) groups is 1. The maximum Gasteiger partial charge on any atom is 0.235 e. The largest absolute Gasteiger partial charge is 0.300 e. The Morgan fingerprint density at radius 3 is 2.57 bits per heavy atom. The second kappa shape index (κ2) is 4.75. The van der Waals surface area contributed by atoms with Crippen molar-refractivity contribution in [1.29, 1.82) is 0 Å². The topological polar surface area (TPSA) is 58.4 Å². The molecule has 0 aromatic rings. The molecule has 1 aliphatic rings. The number of hydrogen-bond acceptors (Lipinski definition) is 3. The first kappa shape index (κ1) is 11.5. The van der Waals surface area contributed by atoms with Crippen molar-refractivity contribution in [1.82, 2.24) is 10.3 Å². The molecule has 1 rings (SSSR count). The first-order chi connectivity index (χ1) is 6.56. The Kier molecular flexibility index (Phi) is 3.89. The molecule has 0 aromatic heterocycles. The van der Waals surface area contributed by atoms with Gasteiger partial charge in [0.2, 0.25) is 5.91 Å². The molecule has 1 fully saturated rings. The highest BCUT2D eigenvalue weighted by atomic mass is 16.2. The van der Waals surface area contributed by atoms with E-state index in [1.807, 2.05) is 0 Å². The summed E-state index contributed by atoms with van der Waals surface area (Å²) >= 11 is 0. The van der Waals surface area contributed by atoms with Crippen molar-refractivity contribution in [3.05, 3.63) is 0 Å². The van der Waals surface area contributed by atoms with E-state index in [2.05, 4.69) is 31.2 Å². The fraction of sp³-hybridized carbons (Fsp3) is 0.900. The Hall–Kier alpha value is -0.610. The normalized spacial score (nSPS) is 20.6. The number of hydrogen-bond donors (Lipinski definition) is 2. The Bertz CT molecular complexity index is 204. The maximum absolute atomic E-state index is 11.1. The van der Waals surface area contributed by atoms with Gasteiger partial charge in [-0.05, 0) is 39.7 Å². The van der Waals surface area contributed by atoms with E-state index in [9.17, 15) is 4.79 Å². The molecule has 14 heavy (non-hydrogen) atoms. The first-order valence-electron chi connectivity index (χ1n) is 5.27. The van der Waals surface area contributed by atoms with E-state index in [1.54, 1.807) is 0 Å². The fourth-order valence-electron chi connectivity index (χ4n) is 1.78. The highest BCUT2D eigenvalue weighted by Gasteiger charge is 2.32. The number of hydrazine groups is 1. The Morgan fingerprint density at radius 1 is 1.57 bits per heavy atom. The number of carbonyl (C=O) groups excluding carboxylic acids is 1. The molecule has 2 unspecified atom stereocenters. The molecule has 4 heteroatoms. The predicted molar refractivity (Wildman–Crippen MR) is 56.4 cm³/mol. The molecule has 82 valence electrons. The van der Waals surface area contributed by atoms with Crippen LogP contribution in [0.15, 0.2) is 0 Å². The SMILES string of the molecule is CC(CC(=O)NN)N(C)C(C)C1CC1. The third kappa shape index (κ3) is 2.96. The lowest BCUT2D eigenvalue weighted by molar-refractivity contribution is -0.122. The van der Waals surface area contributed by atoms with Crippen molar-refractivity contribution < 1.29 is 4.79 Å². The molecule has 0 bridgehead atoms. The van der Waals surface area contributed by atoms with Crippen molar-refractivity contribution in [3.8, 4) is 0 Å². The number of nitrogens with two attached hydrogens (primary N) is 1. The van der Waals surface area contributed by atoms with Crippen LogP contribution in [0.3, 0.4) is 0 Å². The zero-order valence-corrected chi connectivity index (χ0v) is 9.29. The summed E-state index contributed by atoms with van der Waals surface area (Å²) in [5, 5.41) is 0. The summed E-state index contributed by atoms with van der Waals surface area (Å²) in [6.45, 7) is 4.29. The predicted octanol–water partition coefficient (Wildman–Crippen LogP) is 0.485. The Morgan fingerprint density at radius 2 is 2.14 bits per heavy atom. The van der Waals surface area contributed by atoms with E-state index in [0.29, 0.717) is 12.5 Å². The molecule has 2 atom stereocenters. The number of nitrogens with one attached hydrogen (secondary N) is 1. The zero-order valence-electron chi connectivity index (χ0n) is 9.29. The van der Waals surface area contributed by atoms with Crippen LogP contribution in [-0.2, 0) is 4.79 Å². The standard InChI is InChI=1S/C10H21N3O/c1-7(6-10(14)12-11)13(3)8(2)9-4-5-9/h7-9H,4-6,11H2,1-3H3,(H,12,14). The molecule has 0 radical (unpaired) electrons. The van der Waals surface area contributed by atoms with Gasteiger partial charge in [0.15, 0.2) is 0 Å². The van der Waals surface area contributed by atoms with Gasteiger partial charge in [0.25, 0.3) is 0 Å². The van der Waals surface area contributed by atoms with Gasteiger partial charge in [-0.1, -0.05) is 0 Å². The molecule has 0 saturated heterocycles. The van der Waals surface area contributed by atoms with Crippen LogP contribution in [0.4, 0.5) is 0 Å². The van der Waals surface area contributed by atoms with Gasteiger partial charge in [-0.3, -0.25) is 10.2 Å². The Labute approximate surface area is 85.8 Å². The first-order valence-corrected chi connectivity index (χ1v) is 5.27. The molecular weight excluding hydrogens is 178 g/mol. The maximum atomic E-state index is 11.1. The van der Waals surface area contributed by atoms with Crippen molar-refractivity contribution in [2.45, 2.75) is 45.2 Å². The smallest absolute Gasteiger partial charge is 0.235 e. The molecule has 0 heterocycles. The minimum atomic E-state index is -0.0904. The summed E-state index contributed by atoms with van der Waals surface area (Å²) in [6, 6.07) is 0.838. The van der Waals surface area contributed by atoms with Gasteiger partial charge in [-0.2, -0.15) is 0 Å². The van der Waals surface area contributed by atoms with Gasteiger partial charge in [0, 0.05) is 18.5 Å². The van der Waals surface area contributed by atoms with E-state index >= 15 is 0 Å². The molecule has 1 aliphatic carbocycles. The Balaban J connectivity index is 2.34. The summed E-state index contributed by atoms with van der Waals surface area (Å²) in [4.78, 5) is 13.3. The van der Waals surface area contributed by atoms with Crippen molar-refractivity contribution in [2.24, 2.45) is 11.8 Å². The van der Waals surface area contributed by atoms with E-state index < -0.39 is 0 Å². The van der Waals surface area contributed by atoms with E-state index in [0.717, 1.165) is 5.92 Å². The van der Waals surface area contributed by atoms with Crippen LogP contribution in [-0.4, -0.2) is 29.9 Å². The van der Waals surface area contributed by atoms with E-state index in [-0.39, 0.29) is 11.9 Å². The van der Waals surface area contributed by atoms with E-state index in [1.165, 1.54) is 12.8 Å². The van der Waals surface area contributed by atoms with Gasteiger partial charge < -0.3 is 4.90 Å². The number of rotatable bonds is 5. The summed E-state index contributed by atoms with van der Waals surface area (Å²) in [5.41, 5.74) is 2.17. The summed E-state index contributed by atoms with van der Waals surface area (Å²) in [5.74, 6) is 5.80. The van der Waals surface area contributed by atoms with E-state index in [4.69, 9.17) is 5.84 Å². The lowest BCUT2D eigenvalue weighted by Gasteiger charge is -2.30. The quantitative estimate of drug-likeness (QED) is 0.385. The van der Waals surface area contributed by atoms with Crippen LogP contribution in [0, 0.1) is 5.92 Å². The van der Waals surface area contributed by atoms with Gasteiger partial charge in [0.1, 0.15) is 0 Å². The molecule has 1 amide bonds. The summed E-state index contributed by atoms with van der Waals surface area (Å²) in [6.07, 6.45) is 3.15. The summed E-state index contributed by atoms with van der Waals surface area (Å²) < 4.78 is 0. The van der Waals surface area contributed by atoms with Gasteiger partial charge >= 0.3 is 0 Å². The molecule has 0 spiro atoms. The van der Waals surface area contributed by atoms with Crippen LogP contribution < -0.4 is 11.3 Å². The highest BCUT2D eigenvalue weighted by molar-refractivity contribution is 5.75. The average Bonchev–Trinajstić information content (AvgIpc) is 2.98. The average molecular weight is 199 g/mol.